The first kappa shape index (κ1) is 33.3. The number of hydrogen-bond acceptors (Lipinski definition) is 7. The summed E-state index contributed by atoms with van der Waals surface area (Å²) in [6, 6.07) is 55.2. The van der Waals surface area contributed by atoms with Gasteiger partial charge in [0.1, 0.15) is 0 Å². The van der Waals surface area contributed by atoms with Crippen molar-refractivity contribution in [1.82, 2.24) is 0 Å². The van der Waals surface area contributed by atoms with E-state index in [1.165, 1.54) is 5.56 Å². The monoisotopic (exact) mass is 687 g/mol. The fourth-order valence-corrected chi connectivity index (χ4v) is 6.43. The highest BCUT2D eigenvalue weighted by atomic mass is 15.1. The molecule has 7 heteroatoms. The lowest BCUT2D eigenvalue weighted by Crippen LogP contribution is -2.13. The predicted molar refractivity (Wildman–Crippen MR) is 220 cm³/mol. The second-order valence-electron chi connectivity index (χ2n) is 12.9. The second-order valence-corrected chi connectivity index (χ2v) is 12.9. The van der Waals surface area contributed by atoms with Gasteiger partial charge in [-0.1, -0.05) is 122 Å². The fraction of sp³-hybridized carbons (Fsp3) is 0.0870. The molecule has 0 radical (unpaired) electrons. The Morgan fingerprint density at radius 1 is 0.377 bits per heavy atom. The van der Waals surface area contributed by atoms with Gasteiger partial charge in [0.15, 0.2) is 0 Å². The fourth-order valence-electron chi connectivity index (χ4n) is 6.43. The van der Waals surface area contributed by atoms with E-state index in [2.05, 4.69) is 77.9 Å². The summed E-state index contributed by atoms with van der Waals surface area (Å²) in [5, 5.41) is 37.7. The number of anilines is 1. The highest BCUT2D eigenvalue weighted by Crippen LogP contribution is 2.39. The number of nitrogens with zero attached hydrogens (tertiary/aromatic N) is 6. The number of rotatable bonds is 10. The van der Waals surface area contributed by atoms with Crippen molar-refractivity contribution in [3.8, 4) is 11.1 Å². The first-order valence-corrected chi connectivity index (χ1v) is 17.9. The molecule has 1 unspecified atom stereocenters. The predicted octanol–water partition coefficient (Wildman–Crippen LogP) is 15.3. The third-order valence-corrected chi connectivity index (χ3v) is 9.45. The molecular formula is C46H37N7. The normalized spacial score (nSPS) is 12.5. The lowest BCUT2D eigenvalue weighted by atomic mass is 10.1. The van der Waals surface area contributed by atoms with Gasteiger partial charge >= 0.3 is 0 Å². The second kappa shape index (κ2) is 15.2. The summed E-state index contributed by atoms with van der Waals surface area (Å²) in [7, 11) is 0. The maximum Gasteiger partial charge on any atom is 0.0936 e. The molecule has 53 heavy (non-hydrogen) atoms. The van der Waals surface area contributed by atoms with Crippen LogP contribution in [0.15, 0.2) is 194 Å². The molecule has 8 rings (SSSR count). The summed E-state index contributed by atoms with van der Waals surface area (Å²) in [5.74, 6) is 0. The van der Waals surface area contributed by atoms with Crippen LogP contribution >= 0.6 is 0 Å². The molecule has 1 N–H and O–H groups in total. The van der Waals surface area contributed by atoms with E-state index < -0.39 is 0 Å². The van der Waals surface area contributed by atoms with E-state index in [9.17, 15) is 0 Å². The van der Waals surface area contributed by atoms with Crippen LogP contribution in [-0.4, -0.2) is 6.04 Å². The number of hydrogen-bond donors (Lipinski definition) is 1. The Labute approximate surface area is 308 Å². The topological polar surface area (TPSA) is 86.2 Å². The minimum Gasteiger partial charge on any atom is -0.382 e. The Bertz CT molecular complexity index is 2650. The van der Waals surface area contributed by atoms with Crippen molar-refractivity contribution >= 4 is 72.1 Å². The van der Waals surface area contributed by atoms with Crippen molar-refractivity contribution in [2.45, 2.75) is 26.3 Å². The van der Waals surface area contributed by atoms with Gasteiger partial charge in [0.2, 0.25) is 0 Å². The Balaban J connectivity index is 1.06. The first-order chi connectivity index (χ1) is 26.1. The van der Waals surface area contributed by atoms with E-state index in [4.69, 9.17) is 20.5 Å². The summed E-state index contributed by atoms with van der Waals surface area (Å²) in [6.45, 7) is 4.37. The third kappa shape index (κ3) is 7.18. The minimum atomic E-state index is 0.373. The zero-order valence-electron chi connectivity index (χ0n) is 29.6. The molecule has 0 spiro atoms. The van der Waals surface area contributed by atoms with Crippen LogP contribution in [0.4, 0.5) is 39.8 Å². The SMILES string of the molecule is CCC(C)Nc1ccc(N=Nc2ccc(N=Nc3ccc(N=Nc4ccc(-c5ccccc5)cc4)c4ccccc34)c3ccccc23)c2ccccc12. The van der Waals surface area contributed by atoms with Crippen LogP contribution in [0.3, 0.4) is 0 Å². The average molecular weight is 688 g/mol. The van der Waals surface area contributed by atoms with E-state index in [1.54, 1.807) is 0 Å². The van der Waals surface area contributed by atoms with Gasteiger partial charge in [-0.3, -0.25) is 0 Å². The van der Waals surface area contributed by atoms with Crippen molar-refractivity contribution < 1.29 is 0 Å². The maximum absolute atomic E-state index is 4.74. The van der Waals surface area contributed by atoms with Crippen LogP contribution in [0.2, 0.25) is 0 Å². The van der Waals surface area contributed by atoms with Crippen molar-refractivity contribution in [3.63, 3.8) is 0 Å². The molecule has 0 bridgehead atoms. The van der Waals surface area contributed by atoms with Crippen molar-refractivity contribution in [2.24, 2.45) is 30.7 Å². The van der Waals surface area contributed by atoms with Crippen LogP contribution in [0.5, 0.6) is 0 Å². The molecule has 8 aromatic carbocycles. The molecule has 0 aliphatic carbocycles. The number of azo groups is 3. The summed E-state index contributed by atoms with van der Waals surface area (Å²) < 4.78 is 0. The van der Waals surface area contributed by atoms with Crippen LogP contribution in [0.1, 0.15) is 20.3 Å². The highest BCUT2D eigenvalue weighted by Gasteiger charge is 2.10. The Morgan fingerprint density at radius 3 is 1.19 bits per heavy atom. The number of benzene rings is 8. The molecule has 0 amide bonds. The Kier molecular flexibility index (Phi) is 9.53. The quantitative estimate of drug-likeness (QED) is 0.143. The summed E-state index contributed by atoms with van der Waals surface area (Å²) in [6.07, 6.45) is 1.04. The molecule has 0 fully saturated rings. The molecular weight excluding hydrogens is 651 g/mol. The minimum absolute atomic E-state index is 0.373. The van der Waals surface area contributed by atoms with Gasteiger partial charge in [-0.25, -0.2) is 0 Å². The van der Waals surface area contributed by atoms with E-state index in [-0.39, 0.29) is 0 Å². The van der Waals surface area contributed by atoms with Crippen LogP contribution in [0, 0.1) is 0 Å². The smallest absolute Gasteiger partial charge is 0.0936 e. The van der Waals surface area contributed by atoms with E-state index in [1.807, 2.05) is 115 Å². The van der Waals surface area contributed by atoms with E-state index in [0.717, 1.165) is 84.1 Å². The largest absolute Gasteiger partial charge is 0.382 e. The highest BCUT2D eigenvalue weighted by molar-refractivity contribution is 6.02. The van der Waals surface area contributed by atoms with Crippen molar-refractivity contribution in [2.75, 3.05) is 5.32 Å². The van der Waals surface area contributed by atoms with Gasteiger partial charge < -0.3 is 5.32 Å². The molecule has 0 heterocycles. The van der Waals surface area contributed by atoms with E-state index >= 15 is 0 Å². The van der Waals surface area contributed by atoms with Gasteiger partial charge in [0, 0.05) is 44.0 Å². The third-order valence-electron chi connectivity index (χ3n) is 9.45. The van der Waals surface area contributed by atoms with Crippen LogP contribution in [-0.2, 0) is 0 Å². The number of fused-ring (bicyclic) bond motifs is 3. The summed E-state index contributed by atoms with van der Waals surface area (Å²) >= 11 is 0. The van der Waals surface area contributed by atoms with Crippen molar-refractivity contribution in [1.29, 1.82) is 0 Å². The van der Waals surface area contributed by atoms with Crippen LogP contribution in [0.25, 0.3) is 43.4 Å². The summed E-state index contributed by atoms with van der Waals surface area (Å²) in [4.78, 5) is 0. The zero-order valence-corrected chi connectivity index (χ0v) is 29.6. The lowest BCUT2D eigenvalue weighted by molar-refractivity contribution is 0.765. The van der Waals surface area contributed by atoms with Gasteiger partial charge in [-0.15, -0.1) is 25.6 Å². The van der Waals surface area contributed by atoms with E-state index in [0.29, 0.717) is 6.04 Å². The molecule has 8 aromatic rings. The maximum atomic E-state index is 4.74. The van der Waals surface area contributed by atoms with Gasteiger partial charge in [-0.2, -0.15) is 5.11 Å². The van der Waals surface area contributed by atoms with Gasteiger partial charge in [-0.05, 0) is 73.0 Å². The van der Waals surface area contributed by atoms with Gasteiger partial charge in [0.25, 0.3) is 0 Å². The molecule has 0 saturated heterocycles. The van der Waals surface area contributed by atoms with Gasteiger partial charge in [0.05, 0.1) is 34.1 Å². The average Bonchev–Trinajstić information content (AvgIpc) is 3.22. The van der Waals surface area contributed by atoms with Crippen LogP contribution < -0.4 is 5.32 Å². The Morgan fingerprint density at radius 2 is 0.736 bits per heavy atom. The molecule has 7 nitrogen and oxygen atoms in total. The molecule has 256 valence electrons. The molecule has 0 saturated carbocycles. The molecule has 0 aliphatic rings. The standard InChI is InChI=1S/C46H37N7/c1-3-31(2)47-41-25-26-43(36-16-8-7-15-35(36)41)50-51-45-29-30-46(40-20-12-11-19-39(40)45)53-52-44-28-27-42(37-17-9-10-18-38(37)44)49-48-34-23-21-33(22-24-34)32-13-5-4-6-14-32/h4-31,47H,3H2,1-2H3. The molecule has 0 aromatic heterocycles. The van der Waals surface area contributed by atoms with Crippen molar-refractivity contribution in [3.05, 3.63) is 164 Å². The molecule has 0 aliphatic heterocycles. The first-order valence-electron chi connectivity index (χ1n) is 17.9. The molecule has 1 atom stereocenters. The summed E-state index contributed by atoms with van der Waals surface area (Å²) in [5.41, 5.74) is 8.04. The number of nitrogens with one attached hydrogen (secondary N) is 1. The Hall–Kier alpha value is -6.86. The zero-order chi connectivity index (χ0) is 36.0. The lowest BCUT2D eigenvalue weighted by Gasteiger charge is -2.15.